The zero-order valence-corrected chi connectivity index (χ0v) is 14.1. The van der Waals surface area contributed by atoms with Gasteiger partial charge in [0.15, 0.2) is 0 Å². The lowest BCUT2D eigenvalue weighted by atomic mass is 10.0. The summed E-state index contributed by atoms with van der Waals surface area (Å²) in [4.78, 5) is 11.1. The minimum absolute atomic E-state index is 0.828. The summed E-state index contributed by atoms with van der Waals surface area (Å²) in [5.41, 5.74) is 4.85. The van der Waals surface area contributed by atoms with Crippen LogP contribution in [0.5, 0.6) is 0 Å². The number of aldehydes is 1. The molecule has 0 radical (unpaired) electrons. The highest BCUT2D eigenvalue weighted by Crippen LogP contribution is 2.12. The number of furan rings is 1. The molecule has 0 saturated carbocycles. The molecule has 0 N–H and O–H groups in total. The molecule has 0 amide bonds. The molecule has 2 heteroatoms. The van der Waals surface area contributed by atoms with E-state index in [-0.39, 0.29) is 0 Å². The van der Waals surface area contributed by atoms with Crippen molar-refractivity contribution in [3.8, 4) is 0 Å². The van der Waals surface area contributed by atoms with Gasteiger partial charge in [0.1, 0.15) is 6.29 Å². The summed E-state index contributed by atoms with van der Waals surface area (Å²) in [5.74, 6) is 0. The molecule has 1 aromatic heterocycles. The van der Waals surface area contributed by atoms with Crippen molar-refractivity contribution in [2.75, 3.05) is 0 Å². The molecule has 1 aromatic rings. The molecule has 0 atom stereocenters. The number of carbonyl (C=O) groups excluding carboxylic acids is 1. The minimum atomic E-state index is 0.828. The third kappa shape index (κ3) is 8.46. The summed E-state index contributed by atoms with van der Waals surface area (Å²) < 4.78 is 5.03. The van der Waals surface area contributed by atoms with Gasteiger partial charge in [-0.3, -0.25) is 4.79 Å². The molecule has 0 spiro atoms. The Labute approximate surface area is 134 Å². The zero-order valence-electron chi connectivity index (χ0n) is 14.1. The zero-order chi connectivity index (χ0) is 16.2. The second kappa shape index (κ2) is 10.8. The Morgan fingerprint density at radius 3 is 2.45 bits per heavy atom. The van der Waals surface area contributed by atoms with Crippen molar-refractivity contribution in [2.24, 2.45) is 0 Å². The largest absolute Gasteiger partial charge is 0.472 e. The third-order valence-corrected chi connectivity index (χ3v) is 3.59. The van der Waals surface area contributed by atoms with E-state index in [1.165, 1.54) is 16.7 Å². The van der Waals surface area contributed by atoms with E-state index in [0.717, 1.165) is 50.4 Å². The maximum Gasteiger partial charge on any atom is 0.145 e. The average molecular weight is 300 g/mol. The second-order valence-electron chi connectivity index (χ2n) is 5.98. The van der Waals surface area contributed by atoms with E-state index in [1.54, 1.807) is 12.5 Å². The lowest BCUT2D eigenvalue weighted by Gasteiger charge is -2.01. The van der Waals surface area contributed by atoms with E-state index in [9.17, 15) is 4.79 Å². The molecule has 0 fully saturated rings. The molecule has 0 unspecified atom stereocenters. The highest BCUT2D eigenvalue weighted by molar-refractivity contribution is 5.73. The minimum Gasteiger partial charge on any atom is -0.472 e. The maximum atomic E-state index is 11.1. The first-order valence-corrected chi connectivity index (χ1v) is 8.06. The summed E-state index contributed by atoms with van der Waals surface area (Å²) >= 11 is 0. The van der Waals surface area contributed by atoms with Crippen molar-refractivity contribution in [3.05, 3.63) is 59.1 Å². The van der Waals surface area contributed by atoms with Crippen LogP contribution in [0.15, 0.2) is 58.0 Å². The van der Waals surface area contributed by atoms with Gasteiger partial charge in [-0.1, -0.05) is 29.4 Å². The Kier molecular flexibility index (Phi) is 8.97. The van der Waals surface area contributed by atoms with Crippen LogP contribution in [0.2, 0.25) is 0 Å². The normalized spacial score (nSPS) is 12.3. The molecular formula is C20H28O2. The molecule has 0 aliphatic rings. The van der Waals surface area contributed by atoms with Gasteiger partial charge in [0, 0.05) is 0 Å². The van der Waals surface area contributed by atoms with Gasteiger partial charge < -0.3 is 4.42 Å². The van der Waals surface area contributed by atoms with Crippen molar-refractivity contribution >= 4 is 6.29 Å². The second-order valence-corrected chi connectivity index (χ2v) is 5.98. The van der Waals surface area contributed by atoms with Gasteiger partial charge in [-0.2, -0.15) is 0 Å². The van der Waals surface area contributed by atoms with E-state index in [4.69, 9.17) is 4.42 Å². The van der Waals surface area contributed by atoms with Crippen molar-refractivity contribution in [2.45, 2.75) is 59.3 Å². The molecular weight excluding hydrogens is 272 g/mol. The van der Waals surface area contributed by atoms with Gasteiger partial charge in [-0.15, -0.1) is 0 Å². The highest BCUT2D eigenvalue weighted by Gasteiger charge is 1.97. The van der Waals surface area contributed by atoms with Gasteiger partial charge in [-0.25, -0.2) is 0 Å². The molecule has 0 aromatic carbocycles. The maximum absolute atomic E-state index is 11.1. The predicted molar refractivity (Wildman–Crippen MR) is 92.8 cm³/mol. The summed E-state index contributed by atoms with van der Waals surface area (Å²) in [5, 5.41) is 0. The molecule has 1 rings (SSSR count). The van der Waals surface area contributed by atoms with E-state index in [0.29, 0.717) is 0 Å². The molecule has 0 saturated heterocycles. The fourth-order valence-corrected chi connectivity index (χ4v) is 2.24. The molecule has 0 aliphatic carbocycles. The Morgan fingerprint density at radius 2 is 1.82 bits per heavy atom. The predicted octanol–water partition coefficient (Wildman–Crippen LogP) is 5.81. The summed E-state index contributed by atoms with van der Waals surface area (Å²) in [6.45, 7) is 6.43. The highest BCUT2D eigenvalue weighted by atomic mass is 16.3. The van der Waals surface area contributed by atoms with E-state index < -0.39 is 0 Å². The van der Waals surface area contributed by atoms with Crippen LogP contribution >= 0.6 is 0 Å². The van der Waals surface area contributed by atoms with E-state index >= 15 is 0 Å². The number of carbonyl (C=O) groups is 1. The Hall–Kier alpha value is -1.83. The van der Waals surface area contributed by atoms with Crippen LogP contribution in [0.25, 0.3) is 0 Å². The fourth-order valence-electron chi connectivity index (χ4n) is 2.24. The first-order valence-electron chi connectivity index (χ1n) is 8.06. The standard InChI is InChI=1S/C20H28O2/c1-17(2)7-4-8-18(3)9-5-10-19(15-21)11-6-12-20-13-14-22-16-20/h7,9,11,13-16H,4-6,8,10,12H2,1-3H3/b18-9+,19-11+. The number of hydrogen-bond donors (Lipinski definition) is 0. The molecule has 1 heterocycles. The van der Waals surface area contributed by atoms with Crippen LogP contribution < -0.4 is 0 Å². The smallest absolute Gasteiger partial charge is 0.145 e. The first kappa shape index (κ1) is 18.2. The van der Waals surface area contributed by atoms with Crippen molar-refractivity contribution in [1.29, 1.82) is 0 Å². The van der Waals surface area contributed by atoms with Crippen molar-refractivity contribution in [1.82, 2.24) is 0 Å². The van der Waals surface area contributed by atoms with E-state index in [1.807, 2.05) is 12.1 Å². The number of allylic oxidation sites excluding steroid dienone is 6. The molecule has 0 bridgehead atoms. The van der Waals surface area contributed by atoms with Crippen LogP contribution in [-0.4, -0.2) is 6.29 Å². The molecule has 22 heavy (non-hydrogen) atoms. The molecule has 0 aliphatic heterocycles. The van der Waals surface area contributed by atoms with Gasteiger partial charge in [0.05, 0.1) is 12.5 Å². The van der Waals surface area contributed by atoms with Crippen LogP contribution in [0.3, 0.4) is 0 Å². The lowest BCUT2D eigenvalue weighted by Crippen LogP contribution is -1.87. The summed E-state index contributed by atoms with van der Waals surface area (Å²) in [7, 11) is 0. The van der Waals surface area contributed by atoms with Gasteiger partial charge in [0.2, 0.25) is 0 Å². The quantitative estimate of drug-likeness (QED) is 0.310. The Bertz CT molecular complexity index is 512. The summed E-state index contributed by atoms with van der Waals surface area (Å²) in [6, 6.07) is 1.97. The van der Waals surface area contributed by atoms with Gasteiger partial charge in [0.25, 0.3) is 0 Å². The van der Waals surface area contributed by atoms with Crippen LogP contribution in [0.4, 0.5) is 0 Å². The lowest BCUT2D eigenvalue weighted by molar-refractivity contribution is -0.105. The van der Waals surface area contributed by atoms with Crippen molar-refractivity contribution in [3.63, 3.8) is 0 Å². The van der Waals surface area contributed by atoms with Crippen LogP contribution in [-0.2, 0) is 11.2 Å². The average Bonchev–Trinajstić information content (AvgIpc) is 2.98. The molecule has 120 valence electrons. The van der Waals surface area contributed by atoms with Gasteiger partial charge >= 0.3 is 0 Å². The van der Waals surface area contributed by atoms with Crippen molar-refractivity contribution < 1.29 is 9.21 Å². The number of aryl methyl sites for hydroxylation is 1. The fraction of sp³-hybridized carbons (Fsp3) is 0.450. The number of rotatable bonds is 10. The monoisotopic (exact) mass is 300 g/mol. The van der Waals surface area contributed by atoms with Gasteiger partial charge in [-0.05, 0) is 76.5 Å². The van der Waals surface area contributed by atoms with Crippen LogP contribution in [0.1, 0.15) is 58.4 Å². The third-order valence-electron chi connectivity index (χ3n) is 3.59. The van der Waals surface area contributed by atoms with E-state index in [2.05, 4.69) is 32.9 Å². The SMILES string of the molecule is CC(C)=CCC/C(C)=C/CC/C(C=O)=C\CCc1ccoc1. The Balaban J connectivity index is 2.30. The topological polar surface area (TPSA) is 30.2 Å². The number of hydrogen-bond acceptors (Lipinski definition) is 2. The first-order chi connectivity index (χ1) is 10.6. The van der Waals surface area contributed by atoms with Crippen LogP contribution in [0, 0.1) is 0 Å². The molecule has 2 nitrogen and oxygen atoms in total. The Morgan fingerprint density at radius 1 is 1.05 bits per heavy atom. The summed E-state index contributed by atoms with van der Waals surface area (Å²) in [6.07, 6.45) is 16.8.